The molecule has 8 nitrogen and oxygen atoms in total. The molecule has 134 valence electrons. The number of nitro groups is 1. The number of non-ortho nitro benzene ring substituents is 1. The molecular formula is C17H15N3O5S. The zero-order valence-electron chi connectivity index (χ0n) is 14.1. The Kier molecular flexibility index (Phi) is 6.03. The number of esters is 1. The van der Waals surface area contributed by atoms with Crippen molar-refractivity contribution in [3.8, 4) is 6.07 Å². The monoisotopic (exact) mass is 373 g/mol. The Morgan fingerprint density at radius 1 is 1.35 bits per heavy atom. The molecule has 26 heavy (non-hydrogen) atoms. The summed E-state index contributed by atoms with van der Waals surface area (Å²) in [5.41, 5.74) is 1.20. The summed E-state index contributed by atoms with van der Waals surface area (Å²) in [6.07, 6.45) is -0.0193. The summed E-state index contributed by atoms with van der Waals surface area (Å²) in [5.74, 6) is -0.936. The van der Waals surface area contributed by atoms with Gasteiger partial charge in [-0.15, -0.1) is 11.3 Å². The minimum absolute atomic E-state index is 0.0193. The highest BCUT2D eigenvalue weighted by Gasteiger charge is 2.22. The van der Waals surface area contributed by atoms with Crippen LogP contribution < -0.4 is 5.32 Å². The highest BCUT2D eigenvalue weighted by molar-refractivity contribution is 7.18. The fourth-order valence-corrected chi connectivity index (χ4v) is 3.29. The van der Waals surface area contributed by atoms with E-state index >= 15 is 0 Å². The summed E-state index contributed by atoms with van der Waals surface area (Å²) in [6, 6.07) is 7.60. The molecule has 0 saturated heterocycles. The van der Waals surface area contributed by atoms with E-state index in [-0.39, 0.29) is 34.2 Å². The predicted octanol–water partition coefficient (Wildman–Crippen LogP) is 3.19. The van der Waals surface area contributed by atoms with Crippen LogP contribution in [0.25, 0.3) is 0 Å². The highest BCUT2D eigenvalue weighted by Crippen LogP contribution is 2.33. The smallest absolute Gasteiger partial charge is 0.348 e. The lowest BCUT2D eigenvalue weighted by Gasteiger charge is -2.03. The highest BCUT2D eigenvalue weighted by atomic mass is 32.1. The van der Waals surface area contributed by atoms with Crippen molar-refractivity contribution < 1.29 is 19.2 Å². The zero-order valence-corrected chi connectivity index (χ0v) is 14.9. The fraction of sp³-hybridized carbons (Fsp3) is 0.235. The van der Waals surface area contributed by atoms with Crippen LogP contribution in [0.5, 0.6) is 0 Å². The third-order valence-electron chi connectivity index (χ3n) is 3.48. The molecule has 0 bridgehead atoms. The maximum atomic E-state index is 12.2. The molecule has 1 heterocycles. The average Bonchev–Trinajstić information content (AvgIpc) is 2.90. The molecule has 0 aliphatic rings. The number of anilines is 1. The van der Waals surface area contributed by atoms with Gasteiger partial charge in [-0.05, 0) is 25.0 Å². The lowest BCUT2D eigenvalue weighted by molar-refractivity contribution is -0.384. The quantitative estimate of drug-likeness (QED) is 0.471. The number of carbonyl (C=O) groups is 2. The molecule has 1 N–H and O–H groups in total. The van der Waals surface area contributed by atoms with E-state index in [1.165, 1.54) is 24.3 Å². The van der Waals surface area contributed by atoms with Gasteiger partial charge >= 0.3 is 5.97 Å². The van der Waals surface area contributed by atoms with Gasteiger partial charge in [0.25, 0.3) is 5.69 Å². The summed E-state index contributed by atoms with van der Waals surface area (Å²) in [7, 11) is 0. The maximum absolute atomic E-state index is 12.2. The summed E-state index contributed by atoms with van der Waals surface area (Å²) >= 11 is 0.986. The van der Waals surface area contributed by atoms with E-state index in [0.717, 1.165) is 11.3 Å². The Hall–Kier alpha value is -3.25. The number of nitrogens with one attached hydrogen (secondary N) is 1. The normalized spacial score (nSPS) is 10.0. The number of ether oxygens (including phenoxy) is 1. The molecule has 0 spiro atoms. The third-order valence-corrected chi connectivity index (χ3v) is 4.67. The molecule has 2 rings (SSSR count). The van der Waals surface area contributed by atoms with Gasteiger partial charge in [-0.2, -0.15) is 5.26 Å². The number of nitro benzene ring substituents is 1. The van der Waals surface area contributed by atoms with Crippen LogP contribution >= 0.6 is 11.3 Å². The Balaban J connectivity index is 2.15. The molecule has 0 atom stereocenters. The van der Waals surface area contributed by atoms with Crippen molar-refractivity contribution in [3.63, 3.8) is 0 Å². The van der Waals surface area contributed by atoms with Gasteiger partial charge in [0, 0.05) is 12.1 Å². The van der Waals surface area contributed by atoms with E-state index in [1.54, 1.807) is 13.8 Å². The van der Waals surface area contributed by atoms with E-state index in [2.05, 4.69) is 5.32 Å². The van der Waals surface area contributed by atoms with Crippen LogP contribution in [0.4, 0.5) is 10.7 Å². The van der Waals surface area contributed by atoms with Crippen molar-refractivity contribution in [2.75, 3.05) is 11.9 Å². The van der Waals surface area contributed by atoms with Gasteiger partial charge in [0.15, 0.2) is 0 Å². The Morgan fingerprint density at radius 3 is 2.54 bits per heavy atom. The molecule has 0 aliphatic heterocycles. The number of rotatable bonds is 6. The molecule has 0 fully saturated rings. The first-order valence-electron chi connectivity index (χ1n) is 7.61. The molecular weight excluding hydrogens is 358 g/mol. The van der Waals surface area contributed by atoms with Crippen molar-refractivity contribution in [3.05, 3.63) is 55.9 Å². The van der Waals surface area contributed by atoms with Gasteiger partial charge in [-0.1, -0.05) is 12.1 Å². The first-order chi connectivity index (χ1) is 12.4. The fourth-order valence-electron chi connectivity index (χ4n) is 2.22. The van der Waals surface area contributed by atoms with Crippen LogP contribution in [-0.2, 0) is 16.0 Å². The minimum Gasteiger partial charge on any atom is -0.462 e. The van der Waals surface area contributed by atoms with Crippen LogP contribution in [0.2, 0.25) is 0 Å². The molecule has 1 aromatic heterocycles. The zero-order chi connectivity index (χ0) is 19.3. The average molecular weight is 373 g/mol. The van der Waals surface area contributed by atoms with E-state index in [4.69, 9.17) is 4.74 Å². The van der Waals surface area contributed by atoms with Gasteiger partial charge in [0.1, 0.15) is 15.9 Å². The van der Waals surface area contributed by atoms with Crippen LogP contribution in [0, 0.1) is 28.4 Å². The second kappa shape index (κ2) is 8.22. The number of nitrogens with zero attached hydrogens (tertiary/aromatic N) is 2. The van der Waals surface area contributed by atoms with Gasteiger partial charge < -0.3 is 10.1 Å². The Bertz CT molecular complexity index is 896. The molecule has 0 unspecified atom stereocenters. The maximum Gasteiger partial charge on any atom is 0.348 e. The molecule has 0 aliphatic carbocycles. The lowest BCUT2D eigenvalue weighted by Crippen LogP contribution is -2.14. The summed E-state index contributed by atoms with van der Waals surface area (Å²) < 4.78 is 4.95. The predicted molar refractivity (Wildman–Crippen MR) is 95.2 cm³/mol. The number of amides is 1. The Labute approximate surface area is 153 Å². The van der Waals surface area contributed by atoms with Crippen LogP contribution in [0.1, 0.15) is 33.3 Å². The van der Waals surface area contributed by atoms with Gasteiger partial charge in [-0.3, -0.25) is 14.9 Å². The second-order valence-electron chi connectivity index (χ2n) is 5.24. The van der Waals surface area contributed by atoms with Crippen molar-refractivity contribution >= 4 is 33.9 Å². The van der Waals surface area contributed by atoms with E-state index in [0.29, 0.717) is 11.1 Å². The standard InChI is InChI=1S/C17H15N3O5S/c1-3-25-17(22)15-10(2)13(9-18)16(26-15)19-14(21)8-11-4-6-12(7-5-11)20(23)24/h4-7H,3,8H2,1-2H3,(H,19,21). The van der Waals surface area contributed by atoms with Crippen molar-refractivity contribution in [2.45, 2.75) is 20.3 Å². The summed E-state index contributed by atoms with van der Waals surface area (Å²) in [4.78, 5) is 34.5. The van der Waals surface area contributed by atoms with Crippen LogP contribution in [0.15, 0.2) is 24.3 Å². The van der Waals surface area contributed by atoms with Gasteiger partial charge in [0.05, 0.1) is 23.5 Å². The van der Waals surface area contributed by atoms with Gasteiger partial charge in [-0.25, -0.2) is 4.79 Å². The number of thiophene rings is 1. The van der Waals surface area contributed by atoms with Gasteiger partial charge in [0.2, 0.25) is 5.91 Å². The molecule has 1 aromatic carbocycles. The SMILES string of the molecule is CCOC(=O)c1sc(NC(=O)Cc2ccc([N+](=O)[O-])cc2)c(C#N)c1C. The number of hydrogen-bond donors (Lipinski definition) is 1. The van der Waals surface area contributed by atoms with Crippen molar-refractivity contribution in [1.29, 1.82) is 5.26 Å². The van der Waals surface area contributed by atoms with Crippen LogP contribution in [0.3, 0.4) is 0 Å². The first kappa shape index (κ1) is 19.1. The minimum atomic E-state index is -0.539. The number of hydrogen-bond acceptors (Lipinski definition) is 7. The second-order valence-corrected chi connectivity index (χ2v) is 6.26. The van der Waals surface area contributed by atoms with Crippen molar-refractivity contribution in [2.24, 2.45) is 0 Å². The van der Waals surface area contributed by atoms with Crippen molar-refractivity contribution in [1.82, 2.24) is 0 Å². The Morgan fingerprint density at radius 2 is 2.00 bits per heavy atom. The first-order valence-corrected chi connectivity index (χ1v) is 8.42. The van der Waals surface area contributed by atoms with E-state index in [1.807, 2.05) is 6.07 Å². The number of benzene rings is 1. The molecule has 0 saturated carbocycles. The summed E-state index contributed by atoms with van der Waals surface area (Å²) in [5, 5.41) is 22.8. The van der Waals surface area contributed by atoms with Crippen LogP contribution in [-0.4, -0.2) is 23.4 Å². The topological polar surface area (TPSA) is 122 Å². The lowest BCUT2D eigenvalue weighted by atomic mass is 10.1. The van der Waals surface area contributed by atoms with E-state index < -0.39 is 16.8 Å². The number of carbonyl (C=O) groups excluding carboxylic acids is 2. The third kappa shape index (κ3) is 4.23. The molecule has 9 heteroatoms. The summed E-state index contributed by atoms with van der Waals surface area (Å²) in [6.45, 7) is 3.51. The number of nitriles is 1. The molecule has 2 aromatic rings. The largest absolute Gasteiger partial charge is 0.462 e. The van der Waals surface area contributed by atoms with E-state index in [9.17, 15) is 25.0 Å². The molecule has 1 amide bonds. The molecule has 0 radical (unpaired) electrons.